The number of carbonyl (C=O) groups excluding carboxylic acids is 1. The monoisotopic (exact) mass is 267 g/mol. The number of rotatable bonds is 2. The summed E-state index contributed by atoms with van der Waals surface area (Å²) in [5, 5.41) is 3.54. The minimum Gasteiger partial charge on any atom is -0.322 e. The summed E-state index contributed by atoms with van der Waals surface area (Å²) in [6.45, 7) is 0. The van der Waals surface area contributed by atoms with Crippen LogP contribution in [0.2, 0.25) is 0 Å². The van der Waals surface area contributed by atoms with Crippen LogP contribution in [0.3, 0.4) is 0 Å². The molecule has 3 aromatic rings. The Bertz CT molecular complexity index is 789. The average molecular weight is 267 g/mol. The fourth-order valence-electron chi connectivity index (χ4n) is 1.91. The summed E-state index contributed by atoms with van der Waals surface area (Å²) in [6.07, 6.45) is 3.00. The summed E-state index contributed by atoms with van der Waals surface area (Å²) in [7, 11) is 0. The normalized spacial score (nSPS) is 10.4. The van der Waals surface area contributed by atoms with E-state index >= 15 is 0 Å². The van der Waals surface area contributed by atoms with Gasteiger partial charge in [0, 0.05) is 23.5 Å². The van der Waals surface area contributed by atoms with Crippen molar-refractivity contribution >= 4 is 22.5 Å². The molecule has 2 aromatic heterocycles. The molecule has 0 atom stereocenters. The number of hydrogen-bond donors (Lipinski definition) is 1. The van der Waals surface area contributed by atoms with Gasteiger partial charge in [-0.15, -0.1) is 0 Å². The van der Waals surface area contributed by atoms with Crippen LogP contribution in [0.5, 0.6) is 0 Å². The molecule has 5 heteroatoms. The molecule has 3 rings (SSSR count). The Morgan fingerprint density at radius 2 is 1.85 bits per heavy atom. The molecular weight excluding hydrogens is 257 g/mol. The number of aromatic nitrogens is 2. The Balaban J connectivity index is 1.89. The summed E-state index contributed by atoms with van der Waals surface area (Å²) in [5.41, 5.74) is 1.33. The van der Waals surface area contributed by atoms with Gasteiger partial charge in [-0.25, -0.2) is 4.98 Å². The molecule has 98 valence electrons. The van der Waals surface area contributed by atoms with Crippen LogP contribution in [0, 0.1) is 5.95 Å². The van der Waals surface area contributed by atoms with Crippen LogP contribution in [0.25, 0.3) is 10.9 Å². The number of nitrogens with zero attached hydrogens (tertiary/aromatic N) is 2. The first-order valence-corrected chi connectivity index (χ1v) is 6.01. The van der Waals surface area contributed by atoms with Crippen molar-refractivity contribution in [3.63, 3.8) is 0 Å². The molecule has 0 unspecified atom stereocenters. The fourth-order valence-corrected chi connectivity index (χ4v) is 1.91. The summed E-state index contributed by atoms with van der Waals surface area (Å²) in [6, 6.07) is 11.9. The zero-order valence-corrected chi connectivity index (χ0v) is 10.4. The highest BCUT2D eigenvalue weighted by Gasteiger charge is 2.12. The van der Waals surface area contributed by atoms with Crippen molar-refractivity contribution in [1.29, 1.82) is 0 Å². The molecule has 0 aliphatic rings. The van der Waals surface area contributed by atoms with E-state index in [9.17, 15) is 9.18 Å². The van der Waals surface area contributed by atoms with Gasteiger partial charge in [-0.05, 0) is 36.4 Å². The summed E-state index contributed by atoms with van der Waals surface area (Å²) >= 11 is 0. The molecule has 0 spiro atoms. The fraction of sp³-hybridized carbons (Fsp3) is 0. The number of carbonyl (C=O) groups is 1. The van der Waals surface area contributed by atoms with E-state index in [0.29, 0.717) is 5.69 Å². The van der Waals surface area contributed by atoms with Crippen LogP contribution >= 0.6 is 0 Å². The Kier molecular flexibility index (Phi) is 3.09. The number of fused-ring (bicyclic) bond motifs is 1. The smallest absolute Gasteiger partial charge is 0.260 e. The minimum absolute atomic E-state index is 0.0845. The lowest BCUT2D eigenvalue weighted by Crippen LogP contribution is -2.14. The first-order valence-electron chi connectivity index (χ1n) is 6.01. The second-order valence-corrected chi connectivity index (χ2v) is 4.21. The minimum atomic E-state index is -0.785. The first-order chi connectivity index (χ1) is 9.74. The highest BCUT2D eigenvalue weighted by atomic mass is 19.1. The van der Waals surface area contributed by atoms with E-state index in [0.717, 1.165) is 10.9 Å². The van der Waals surface area contributed by atoms with Crippen molar-refractivity contribution in [3.05, 3.63) is 66.4 Å². The highest BCUT2D eigenvalue weighted by molar-refractivity contribution is 6.05. The molecule has 0 fully saturated rings. The van der Waals surface area contributed by atoms with Crippen molar-refractivity contribution in [2.24, 2.45) is 0 Å². The van der Waals surface area contributed by atoms with Gasteiger partial charge in [0.25, 0.3) is 5.91 Å². The van der Waals surface area contributed by atoms with E-state index in [4.69, 9.17) is 0 Å². The first kappa shape index (κ1) is 12.2. The zero-order chi connectivity index (χ0) is 13.9. The number of amides is 1. The third kappa shape index (κ3) is 2.33. The number of pyridine rings is 2. The van der Waals surface area contributed by atoms with Gasteiger partial charge in [0.1, 0.15) is 0 Å². The third-order valence-corrected chi connectivity index (χ3v) is 2.86. The van der Waals surface area contributed by atoms with Crippen LogP contribution in [-0.4, -0.2) is 15.9 Å². The molecule has 0 saturated heterocycles. The van der Waals surface area contributed by atoms with Gasteiger partial charge in [-0.3, -0.25) is 9.78 Å². The number of benzene rings is 1. The predicted molar refractivity (Wildman–Crippen MR) is 73.9 cm³/mol. The quantitative estimate of drug-likeness (QED) is 0.726. The maximum Gasteiger partial charge on any atom is 0.260 e. The van der Waals surface area contributed by atoms with Crippen LogP contribution < -0.4 is 5.32 Å². The van der Waals surface area contributed by atoms with Gasteiger partial charge in [0.2, 0.25) is 5.95 Å². The molecule has 0 aliphatic heterocycles. The second kappa shape index (κ2) is 5.05. The van der Waals surface area contributed by atoms with Crippen molar-refractivity contribution in [1.82, 2.24) is 9.97 Å². The van der Waals surface area contributed by atoms with Crippen molar-refractivity contribution < 1.29 is 9.18 Å². The molecule has 0 saturated carbocycles. The van der Waals surface area contributed by atoms with Crippen LogP contribution in [0.4, 0.5) is 10.1 Å². The van der Waals surface area contributed by atoms with Crippen LogP contribution in [0.1, 0.15) is 10.4 Å². The van der Waals surface area contributed by atoms with Gasteiger partial charge in [-0.1, -0.05) is 6.07 Å². The second-order valence-electron chi connectivity index (χ2n) is 4.21. The average Bonchev–Trinajstić information content (AvgIpc) is 2.47. The highest BCUT2D eigenvalue weighted by Crippen LogP contribution is 2.18. The lowest BCUT2D eigenvalue weighted by molar-refractivity contribution is 0.102. The lowest BCUT2D eigenvalue weighted by Gasteiger charge is -2.06. The molecule has 0 aliphatic carbocycles. The molecular formula is C15H10FN3O. The SMILES string of the molecule is O=C(Nc1ccc2ncccc2c1)c1cccnc1F. The standard InChI is InChI=1S/C15H10FN3O/c16-14-12(4-2-8-18-14)15(20)19-11-5-6-13-10(9-11)3-1-7-17-13/h1-9H,(H,19,20). The van der Waals surface area contributed by atoms with E-state index in [-0.39, 0.29) is 5.56 Å². The number of anilines is 1. The molecule has 0 bridgehead atoms. The molecule has 0 radical (unpaired) electrons. The summed E-state index contributed by atoms with van der Waals surface area (Å²) in [5.74, 6) is -1.31. The van der Waals surface area contributed by atoms with Gasteiger partial charge in [-0.2, -0.15) is 4.39 Å². The van der Waals surface area contributed by atoms with Crippen LogP contribution in [-0.2, 0) is 0 Å². The Labute approximate surface area is 114 Å². The molecule has 1 amide bonds. The van der Waals surface area contributed by atoms with E-state index in [1.165, 1.54) is 18.3 Å². The van der Waals surface area contributed by atoms with Crippen LogP contribution in [0.15, 0.2) is 54.9 Å². The maximum absolute atomic E-state index is 13.4. The van der Waals surface area contributed by atoms with E-state index in [1.54, 1.807) is 24.4 Å². The van der Waals surface area contributed by atoms with Gasteiger partial charge < -0.3 is 5.32 Å². The molecule has 1 aromatic carbocycles. The maximum atomic E-state index is 13.4. The zero-order valence-electron chi connectivity index (χ0n) is 10.4. The van der Waals surface area contributed by atoms with E-state index in [1.807, 2.05) is 12.1 Å². The Hall–Kier alpha value is -2.82. The summed E-state index contributed by atoms with van der Waals surface area (Å²) < 4.78 is 13.4. The van der Waals surface area contributed by atoms with E-state index in [2.05, 4.69) is 15.3 Å². The largest absolute Gasteiger partial charge is 0.322 e. The number of hydrogen-bond acceptors (Lipinski definition) is 3. The van der Waals surface area contributed by atoms with Crippen molar-refractivity contribution in [2.45, 2.75) is 0 Å². The molecule has 2 heterocycles. The van der Waals surface area contributed by atoms with Gasteiger partial charge in [0.15, 0.2) is 0 Å². The molecule has 4 nitrogen and oxygen atoms in total. The van der Waals surface area contributed by atoms with Crippen molar-refractivity contribution in [2.75, 3.05) is 5.32 Å². The Morgan fingerprint density at radius 1 is 1.05 bits per heavy atom. The Morgan fingerprint density at radius 3 is 2.70 bits per heavy atom. The molecule has 20 heavy (non-hydrogen) atoms. The third-order valence-electron chi connectivity index (χ3n) is 2.86. The molecule has 1 N–H and O–H groups in total. The predicted octanol–water partition coefficient (Wildman–Crippen LogP) is 3.02. The number of halogens is 1. The summed E-state index contributed by atoms with van der Waals surface area (Å²) in [4.78, 5) is 19.6. The lowest BCUT2D eigenvalue weighted by atomic mass is 10.2. The van der Waals surface area contributed by atoms with E-state index < -0.39 is 11.9 Å². The van der Waals surface area contributed by atoms with Gasteiger partial charge >= 0.3 is 0 Å². The topological polar surface area (TPSA) is 54.9 Å². The number of nitrogens with one attached hydrogen (secondary N) is 1. The van der Waals surface area contributed by atoms with Crippen molar-refractivity contribution in [3.8, 4) is 0 Å². The van der Waals surface area contributed by atoms with Gasteiger partial charge in [0.05, 0.1) is 11.1 Å².